The van der Waals surface area contributed by atoms with Crippen LogP contribution >= 0.6 is 11.6 Å². The molecule has 0 radical (unpaired) electrons. The molecule has 0 aliphatic carbocycles. The maximum Gasteiger partial charge on any atom is 0.152 e. The van der Waals surface area contributed by atoms with Gasteiger partial charge in [0, 0.05) is 25.0 Å². The van der Waals surface area contributed by atoms with Gasteiger partial charge in [-0.15, -0.1) is 11.6 Å². The van der Waals surface area contributed by atoms with E-state index in [1.54, 1.807) is 0 Å². The summed E-state index contributed by atoms with van der Waals surface area (Å²) in [6, 6.07) is 0.294. The zero-order chi connectivity index (χ0) is 9.19. The van der Waals surface area contributed by atoms with Crippen LogP contribution in [0.2, 0.25) is 0 Å². The molecule has 1 saturated heterocycles. The van der Waals surface area contributed by atoms with Crippen molar-refractivity contribution in [3.05, 3.63) is 0 Å². The summed E-state index contributed by atoms with van der Waals surface area (Å²) in [5, 5.41) is 0. The molecule has 1 rings (SSSR count). The Morgan fingerprint density at radius 2 is 1.92 bits per heavy atom. The fourth-order valence-corrected chi connectivity index (χ4v) is 2.69. The Bertz CT molecular complexity index is 226. The van der Waals surface area contributed by atoms with Gasteiger partial charge in [-0.3, -0.25) is 4.90 Å². The first-order valence-corrected chi connectivity index (χ1v) is 6.41. The van der Waals surface area contributed by atoms with E-state index >= 15 is 0 Å². The molecular formula is C7H14ClNO2S. The number of rotatable bonds is 2. The number of hydrogen-bond acceptors (Lipinski definition) is 3. The molecule has 1 aliphatic heterocycles. The highest BCUT2D eigenvalue weighted by Crippen LogP contribution is 2.08. The molecule has 0 bridgehead atoms. The highest BCUT2D eigenvalue weighted by atomic mass is 35.5. The fraction of sp³-hybridized carbons (Fsp3) is 1.00. The SMILES string of the molecule is C[C@@H](CCl)N1CCS(=O)(=O)CC1. The van der Waals surface area contributed by atoms with Gasteiger partial charge >= 0.3 is 0 Å². The molecule has 1 atom stereocenters. The number of halogens is 1. The molecule has 1 fully saturated rings. The molecule has 0 aromatic heterocycles. The van der Waals surface area contributed by atoms with Crippen molar-refractivity contribution in [2.45, 2.75) is 13.0 Å². The number of alkyl halides is 1. The first-order chi connectivity index (χ1) is 5.55. The van der Waals surface area contributed by atoms with Gasteiger partial charge in [-0.2, -0.15) is 0 Å². The molecule has 5 heteroatoms. The summed E-state index contributed by atoms with van der Waals surface area (Å²) >= 11 is 5.67. The Balaban J connectivity index is 2.46. The summed E-state index contributed by atoms with van der Waals surface area (Å²) < 4.78 is 22.1. The van der Waals surface area contributed by atoms with Crippen molar-refractivity contribution < 1.29 is 8.42 Å². The van der Waals surface area contributed by atoms with Crippen molar-refractivity contribution >= 4 is 21.4 Å². The quantitative estimate of drug-likeness (QED) is 0.619. The lowest BCUT2D eigenvalue weighted by atomic mass is 10.3. The van der Waals surface area contributed by atoms with Crippen molar-refractivity contribution in [1.29, 1.82) is 0 Å². The van der Waals surface area contributed by atoms with Crippen LogP contribution in [-0.4, -0.2) is 49.8 Å². The van der Waals surface area contributed by atoms with Crippen LogP contribution in [0.4, 0.5) is 0 Å². The van der Waals surface area contributed by atoms with Gasteiger partial charge in [-0.25, -0.2) is 8.42 Å². The lowest BCUT2D eigenvalue weighted by Crippen LogP contribution is -2.45. The molecule has 72 valence electrons. The van der Waals surface area contributed by atoms with Crippen molar-refractivity contribution in [2.24, 2.45) is 0 Å². The predicted molar refractivity (Wildman–Crippen MR) is 50.4 cm³/mol. The summed E-state index contributed by atoms with van der Waals surface area (Å²) in [6.45, 7) is 3.29. The lowest BCUT2D eigenvalue weighted by molar-refractivity contribution is 0.243. The Labute approximate surface area is 78.6 Å². The van der Waals surface area contributed by atoms with E-state index in [9.17, 15) is 8.42 Å². The second-order valence-corrected chi connectivity index (χ2v) is 5.80. The average molecular weight is 212 g/mol. The first-order valence-electron chi connectivity index (χ1n) is 4.05. The standard InChI is InChI=1S/C7H14ClNO2S/c1-7(6-8)9-2-4-12(10,11)5-3-9/h7H,2-6H2,1H3/t7-/m0/s1. The summed E-state index contributed by atoms with van der Waals surface area (Å²) in [5.74, 6) is 1.14. The zero-order valence-electron chi connectivity index (χ0n) is 7.16. The van der Waals surface area contributed by atoms with Crippen LogP contribution in [0.25, 0.3) is 0 Å². The first kappa shape index (κ1) is 10.3. The largest absolute Gasteiger partial charge is 0.297 e. The maximum absolute atomic E-state index is 11.0. The minimum Gasteiger partial charge on any atom is -0.297 e. The zero-order valence-corrected chi connectivity index (χ0v) is 8.74. The highest BCUT2D eigenvalue weighted by molar-refractivity contribution is 7.91. The maximum atomic E-state index is 11.0. The molecule has 0 aromatic rings. The second kappa shape index (κ2) is 3.94. The van der Waals surface area contributed by atoms with E-state index in [4.69, 9.17) is 11.6 Å². The van der Waals surface area contributed by atoms with Crippen molar-refractivity contribution in [3.63, 3.8) is 0 Å². The van der Waals surface area contributed by atoms with Gasteiger partial charge in [-0.05, 0) is 6.92 Å². The van der Waals surface area contributed by atoms with Crippen LogP contribution in [-0.2, 0) is 9.84 Å². The van der Waals surface area contributed by atoms with Crippen LogP contribution in [0.1, 0.15) is 6.92 Å². The molecule has 0 N–H and O–H groups in total. The van der Waals surface area contributed by atoms with Gasteiger partial charge in [0.2, 0.25) is 0 Å². The van der Waals surface area contributed by atoms with Crippen LogP contribution in [0, 0.1) is 0 Å². The van der Waals surface area contributed by atoms with E-state index in [-0.39, 0.29) is 11.5 Å². The fourth-order valence-electron chi connectivity index (χ4n) is 1.26. The molecule has 1 heterocycles. The summed E-state index contributed by atoms with van der Waals surface area (Å²) in [7, 11) is -2.74. The lowest BCUT2D eigenvalue weighted by Gasteiger charge is -2.30. The summed E-state index contributed by atoms with van der Waals surface area (Å²) in [4.78, 5) is 2.12. The van der Waals surface area contributed by atoms with Crippen LogP contribution in [0.15, 0.2) is 0 Å². The summed E-state index contributed by atoms with van der Waals surface area (Å²) in [5.41, 5.74) is 0. The van der Waals surface area contributed by atoms with E-state index in [0.717, 1.165) is 0 Å². The number of nitrogens with zero attached hydrogens (tertiary/aromatic N) is 1. The highest BCUT2D eigenvalue weighted by Gasteiger charge is 2.23. The molecule has 0 unspecified atom stereocenters. The van der Waals surface area contributed by atoms with Gasteiger partial charge in [0.15, 0.2) is 9.84 Å². The third-order valence-electron chi connectivity index (χ3n) is 2.23. The van der Waals surface area contributed by atoms with Gasteiger partial charge in [0.25, 0.3) is 0 Å². The normalized spacial score (nSPS) is 26.8. The Morgan fingerprint density at radius 3 is 2.33 bits per heavy atom. The van der Waals surface area contributed by atoms with Gasteiger partial charge < -0.3 is 0 Å². The van der Waals surface area contributed by atoms with E-state index in [1.165, 1.54) is 0 Å². The molecular weight excluding hydrogens is 198 g/mol. The Morgan fingerprint density at radius 1 is 1.42 bits per heavy atom. The average Bonchev–Trinajstić information content (AvgIpc) is 2.03. The van der Waals surface area contributed by atoms with Gasteiger partial charge in [0.1, 0.15) is 0 Å². The topological polar surface area (TPSA) is 37.4 Å². The minimum atomic E-state index is -2.74. The smallest absolute Gasteiger partial charge is 0.152 e. The minimum absolute atomic E-state index is 0.286. The third-order valence-corrected chi connectivity index (χ3v) is 4.28. The second-order valence-electron chi connectivity index (χ2n) is 3.19. The van der Waals surface area contributed by atoms with Gasteiger partial charge in [0.05, 0.1) is 11.5 Å². The monoisotopic (exact) mass is 211 g/mol. The van der Waals surface area contributed by atoms with Crippen LogP contribution in [0.5, 0.6) is 0 Å². The summed E-state index contributed by atoms with van der Waals surface area (Å²) in [6.07, 6.45) is 0. The Kier molecular flexibility index (Phi) is 3.37. The molecule has 0 spiro atoms. The predicted octanol–water partition coefficient (Wildman–Crippen LogP) is 0.344. The van der Waals surface area contributed by atoms with E-state index in [0.29, 0.717) is 25.0 Å². The molecule has 0 aromatic carbocycles. The molecule has 0 saturated carbocycles. The number of sulfone groups is 1. The molecule has 12 heavy (non-hydrogen) atoms. The van der Waals surface area contributed by atoms with Crippen LogP contribution < -0.4 is 0 Å². The molecule has 0 amide bonds. The van der Waals surface area contributed by atoms with Gasteiger partial charge in [-0.1, -0.05) is 0 Å². The van der Waals surface area contributed by atoms with E-state index < -0.39 is 9.84 Å². The molecule has 1 aliphatic rings. The van der Waals surface area contributed by atoms with E-state index in [2.05, 4.69) is 4.90 Å². The van der Waals surface area contributed by atoms with Crippen molar-refractivity contribution in [3.8, 4) is 0 Å². The number of hydrogen-bond donors (Lipinski definition) is 0. The van der Waals surface area contributed by atoms with Crippen molar-refractivity contribution in [2.75, 3.05) is 30.5 Å². The van der Waals surface area contributed by atoms with Crippen LogP contribution in [0.3, 0.4) is 0 Å². The Hall–Kier alpha value is 0.200. The van der Waals surface area contributed by atoms with Crippen molar-refractivity contribution in [1.82, 2.24) is 4.90 Å². The third kappa shape index (κ3) is 2.61. The van der Waals surface area contributed by atoms with E-state index in [1.807, 2.05) is 6.92 Å². The molecule has 3 nitrogen and oxygen atoms in total.